The first-order valence-electron chi connectivity index (χ1n) is 29.0. The lowest BCUT2D eigenvalue weighted by Gasteiger charge is -2.23. The highest BCUT2D eigenvalue weighted by molar-refractivity contribution is 8.13. The number of nitrogens with zero attached hydrogens (tertiary/aromatic N) is 2. The van der Waals surface area contributed by atoms with Crippen LogP contribution in [0.1, 0.15) is 83.1 Å². The van der Waals surface area contributed by atoms with Crippen molar-refractivity contribution in [1.29, 1.82) is 0 Å². The zero-order chi connectivity index (χ0) is 71.1. The Hall–Kier alpha value is -6.63. The quantitative estimate of drug-likeness (QED) is 0.00807. The van der Waals surface area contributed by atoms with E-state index in [0.29, 0.717) is 5.75 Å². The maximum atomic E-state index is 13.3. The molecule has 2 aliphatic rings. The number of nitrogens with one attached hydrogen (secondary N) is 2. The largest absolute Gasteiger partial charge is 0.694 e. The van der Waals surface area contributed by atoms with Gasteiger partial charge in [0.1, 0.15) is 47.8 Å². The molecule has 2 fully saturated rings. The lowest BCUT2D eigenvalue weighted by molar-refractivity contribution is -0.385. The molecule has 0 radical (unpaired) electrons. The molecule has 0 aliphatic carbocycles. The number of non-ortho nitro benzene ring substituents is 2. The number of halogens is 2. The molecule has 2 saturated heterocycles. The third-order valence-corrected chi connectivity index (χ3v) is 17.1. The second kappa shape index (κ2) is 41.4. The van der Waals surface area contributed by atoms with Gasteiger partial charge in [-0.3, -0.25) is 48.2 Å². The number of alkyl halides is 2. The van der Waals surface area contributed by atoms with E-state index in [1.54, 1.807) is 102 Å². The minimum Gasteiger partial charge on any atom is -0.462 e. The molecule has 0 aromatic heterocycles. The third-order valence-electron chi connectivity index (χ3n) is 12.3. The molecule has 3 unspecified atom stereocenters. The maximum absolute atomic E-state index is 13.3. The highest BCUT2D eigenvalue weighted by Crippen LogP contribution is 2.47. The monoisotopic (exact) mass is 1410 g/mol. The fraction of sp³-hybridized carbons (Fsp3) is 0.525. The number of carbonyl (C=O) groups is 4. The molecule has 94 heavy (non-hydrogen) atoms. The average Bonchev–Trinajstić information content (AvgIpc) is 1.76. The van der Waals surface area contributed by atoms with Gasteiger partial charge in [0.25, 0.3) is 11.4 Å². The Morgan fingerprint density at radius 3 is 1.32 bits per heavy atom. The van der Waals surface area contributed by atoms with Crippen molar-refractivity contribution >= 4 is 69.9 Å². The predicted octanol–water partition coefficient (Wildman–Crippen LogP) is 10.1. The summed E-state index contributed by atoms with van der Waals surface area (Å²) < 4.78 is 113. The number of thioether (sulfide) groups is 1. The predicted molar refractivity (Wildman–Crippen MR) is 340 cm³/mol. The van der Waals surface area contributed by atoms with Crippen molar-refractivity contribution in [2.75, 3.05) is 38.9 Å². The van der Waals surface area contributed by atoms with Crippen LogP contribution >= 0.6 is 35.5 Å². The minimum absolute atomic E-state index is 0.0595. The molecule has 0 amide bonds. The molecule has 4 aromatic carbocycles. The van der Waals surface area contributed by atoms with Crippen LogP contribution in [0.25, 0.3) is 0 Å². The molecule has 0 saturated carbocycles. The molecule has 0 spiro atoms. The van der Waals surface area contributed by atoms with E-state index in [0.717, 1.165) is 11.8 Å². The van der Waals surface area contributed by atoms with E-state index in [2.05, 4.69) is 14.7 Å². The van der Waals surface area contributed by atoms with Crippen LogP contribution < -0.4 is 28.3 Å². The lowest BCUT2D eigenvalue weighted by atomic mass is 9.98. The van der Waals surface area contributed by atoms with Crippen LogP contribution in [0.15, 0.2) is 109 Å². The molecular formula is C59H84F2N4O25P3S+. The molecule has 13 atom stereocenters. The summed E-state index contributed by atoms with van der Waals surface area (Å²) in [5.74, 6) is -1.76. The van der Waals surface area contributed by atoms with Crippen LogP contribution in [0, 0.1) is 37.5 Å². The number of para-hydroxylation sites is 2. The van der Waals surface area contributed by atoms with Crippen LogP contribution in [0.2, 0.25) is 0 Å². The highest BCUT2D eigenvalue weighted by Gasteiger charge is 2.45. The number of esters is 3. The Morgan fingerprint density at radius 1 is 0.649 bits per heavy atom. The summed E-state index contributed by atoms with van der Waals surface area (Å²) in [6.07, 6.45) is -3.90. The first-order valence-corrected chi connectivity index (χ1v) is 34.2. The summed E-state index contributed by atoms with van der Waals surface area (Å²) in [6, 6.07) is 24.5. The van der Waals surface area contributed by atoms with E-state index in [4.69, 9.17) is 56.9 Å². The Balaban J connectivity index is 0.000000423. The first kappa shape index (κ1) is 83.5. The number of hydrogen-bond donors (Lipinski definition) is 6. The van der Waals surface area contributed by atoms with Crippen LogP contribution in [0.4, 0.5) is 20.2 Å². The molecular weight excluding hydrogens is 1330 g/mol. The standard InChI is InChI=1S/2C18H21N2O7P.C9H15FO4.C7H13FO3.C7H13O4PS/c2*1-13(2)25-18(21)14(3)19-28(24,26-16-7-5-4-6-8-16)27-17-11-9-15(10-12-17)20(22)23;1-5-9(14-6(2)12)7(3-10)8(4-11)13-5;1-4-7(10)5(2-8)6(3-9)11-4;1-7(2,3)6(8)13-5-4-11-12(9)10/h2*4-14H,1-3H3,(H,19,24);5,7-9,11H,3-4H2,1-2H3;4-7,9-10H,2-3H2,1H3;4-5H2,1-3H3/p+1/t2*14-,28?;5-,7+,8+,9-;4-,5+,6+,7-;/m1000./s1. The van der Waals surface area contributed by atoms with Crippen LogP contribution in [-0.4, -0.2) is 153 Å². The molecule has 4 aromatic rings. The summed E-state index contributed by atoms with van der Waals surface area (Å²) in [5, 5.41) is 53.6. The first-order chi connectivity index (χ1) is 44.0. The summed E-state index contributed by atoms with van der Waals surface area (Å²) in [6.45, 7) is 18.2. The Kier molecular flexibility index (Phi) is 36.7. The fourth-order valence-corrected chi connectivity index (χ4v) is 12.0. The molecule has 2 aliphatic heterocycles. The van der Waals surface area contributed by atoms with E-state index in [1.807, 2.05) is 20.8 Å². The second-order valence-electron chi connectivity index (χ2n) is 21.9. The van der Waals surface area contributed by atoms with Crippen molar-refractivity contribution in [2.24, 2.45) is 17.3 Å². The van der Waals surface area contributed by atoms with Gasteiger partial charge in [-0.1, -0.05) is 68.9 Å². The highest BCUT2D eigenvalue weighted by atomic mass is 32.2. The van der Waals surface area contributed by atoms with Crippen molar-refractivity contribution in [1.82, 2.24) is 10.2 Å². The van der Waals surface area contributed by atoms with Crippen molar-refractivity contribution in [3.05, 3.63) is 129 Å². The third kappa shape index (κ3) is 30.8. The SMILES string of the molecule is CC(=O)O[C@@H]1[C@H](CF)[C@@H](CO)O[C@H]1C.CC(C)(C)C(=O)SCCO[P+](=O)O.CC(C)OC(=O)[C@@H](C)NP(=O)(Oc1ccccc1)Oc1ccc([N+](=O)[O-])cc1.CC(C)OC(=O)[C@H](C)NP(=O)(Oc1ccccc1)Oc1ccc([N+](=O)[O-])cc1.C[C@@H]1O[C@H](CO)[C@@H](CF)[C@H]1O. The number of ether oxygens (including phenoxy) is 5. The number of aliphatic hydroxyl groups is 3. The minimum atomic E-state index is -4.08. The van der Waals surface area contributed by atoms with Gasteiger partial charge in [0, 0.05) is 52.8 Å². The Labute approximate surface area is 548 Å². The van der Waals surface area contributed by atoms with Crippen molar-refractivity contribution in [2.45, 2.75) is 144 Å². The van der Waals surface area contributed by atoms with Gasteiger partial charge in [-0.2, -0.15) is 10.2 Å². The van der Waals surface area contributed by atoms with Crippen LogP contribution in [-0.2, 0) is 61.1 Å². The van der Waals surface area contributed by atoms with E-state index < -0.39 is 113 Å². The molecule has 524 valence electrons. The van der Waals surface area contributed by atoms with Gasteiger partial charge >= 0.3 is 41.7 Å². The van der Waals surface area contributed by atoms with Crippen molar-refractivity contribution in [3.8, 4) is 23.0 Å². The number of hydrogen-bond acceptors (Lipinski definition) is 25. The fourth-order valence-electron chi connectivity index (χ4n) is 7.78. The normalized spacial score (nSPS) is 20.9. The number of carbonyl (C=O) groups excluding carboxylic acids is 4. The topological polar surface area (TPSA) is 403 Å². The zero-order valence-electron chi connectivity index (χ0n) is 53.8. The summed E-state index contributed by atoms with van der Waals surface area (Å²) in [4.78, 5) is 74.8. The molecule has 6 rings (SSSR count). The molecule has 35 heteroatoms. The Morgan fingerprint density at radius 2 is 1.01 bits per heavy atom. The molecule has 2 heterocycles. The van der Waals surface area contributed by atoms with Crippen LogP contribution in [0.5, 0.6) is 23.0 Å². The number of benzene rings is 4. The van der Waals surface area contributed by atoms with Gasteiger partial charge in [0.15, 0.2) is 5.12 Å². The van der Waals surface area contributed by atoms with E-state index in [9.17, 15) is 67.0 Å². The van der Waals surface area contributed by atoms with Gasteiger partial charge in [0.2, 0.25) is 0 Å². The maximum Gasteiger partial charge on any atom is 0.694 e. The molecule has 29 nitrogen and oxygen atoms in total. The van der Waals surface area contributed by atoms with Crippen molar-refractivity contribution in [3.63, 3.8) is 0 Å². The number of rotatable bonds is 27. The molecule has 6 N–H and O–H groups in total. The van der Waals surface area contributed by atoms with Gasteiger partial charge < -0.3 is 57.1 Å². The lowest BCUT2D eigenvalue weighted by Crippen LogP contribution is -2.36. The smallest absolute Gasteiger partial charge is 0.462 e. The Bertz CT molecular complexity index is 2950. The molecule has 0 bridgehead atoms. The zero-order valence-corrected chi connectivity index (χ0v) is 57.3. The van der Waals surface area contributed by atoms with Gasteiger partial charge in [-0.25, -0.2) is 9.13 Å². The van der Waals surface area contributed by atoms with Gasteiger partial charge in [0.05, 0.1) is 85.1 Å². The summed E-state index contributed by atoms with van der Waals surface area (Å²) in [7, 11) is -10.7. The van der Waals surface area contributed by atoms with E-state index in [-0.39, 0.29) is 89.1 Å². The number of nitro groups is 2. The number of nitro benzene ring substituents is 2. The summed E-state index contributed by atoms with van der Waals surface area (Å²) >= 11 is 1.12. The van der Waals surface area contributed by atoms with Gasteiger partial charge in [-0.05, 0) is 104 Å². The average molecular weight is 1410 g/mol. The van der Waals surface area contributed by atoms with Crippen molar-refractivity contribution < 1.29 is 118 Å². The second-order valence-corrected chi connectivity index (χ2v) is 27.0. The van der Waals surface area contributed by atoms with E-state index >= 15 is 0 Å². The summed E-state index contributed by atoms with van der Waals surface area (Å²) in [5.41, 5.74) is -0.660. The van der Waals surface area contributed by atoms with E-state index in [1.165, 1.54) is 69.3 Å². The van der Waals surface area contributed by atoms with Gasteiger partial charge in [-0.15, -0.1) is 9.42 Å². The van der Waals surface area contributed by atoms with Crippen LogP contribution in [0.3, 0.4) is 0 Å². The number of aliphatic hydroxyl groups excluding tert-OH is 3.